The van der Waals surface area contributed by atoms with Crippen LogP contribution in [-0.4, -0.2) is 36.6 Å². The predicted molar refractivity (Wildman–Crippen MR) is 96.8 cm³/mol. The van der Waals surface area contributed by atoms with Gasteiger partial charge in [0.15, 0.2) is 0 Å². The summed E-state index contributed by atoms with van der Waals surface area (Å²) in [6.07, 6.45) is 6.26. The van der Waals surface area contributed by atoms with Gasteiger partial charge in [-0.2, -0.15) is 0 Å². The van der Waals surface area contributed by atoms with Crippen molar-refractivity contribution in [2.75, 3.05) is 19.7 Å². The second-order valence-electron chi connectivity index (χ2n) is 7.86. The third-order valence-corrected chi connectivity index (χ3v) is 5.91. The topological polar surface area (TPSA) is 29.5 Å². The largest absolute Gasteiger partial charge is 0.466 e. The van der Waals surface area contributed by atoms with Crippen molar-refractivity contribution in [2.45, 2.75) is 58.4 Å². The Morgan fingerprint density at radius 3 is 2.48 bits per heavy atom. The zero-order valence-corrected chi connectivity index (χ0v) is 15.5. The van der Waals surface area contributed by atoms with Crippen LogP contribution in [0.1, 0.15) is 51.5 Å². The number of nitrogens with zero attached hydrogens (tertiary/aromatic N) is 1. The molecule has 2 aliphatic rings. The molecule has 0 unspecified atom stereocenters. The summed E-state index contributed by atoms with van der Waals surface area (Å²) in [5.41, 5.74) is 0.901. The molecule has 0 amide bonds. The van der Waals surface area contributed by atoms with Crippen molar-refractivity contribution in [1.29, 1.82) is 0 Å². The molecule has 0 N–H and O–H groups in total. The Kier molecular flexibility index (Phi) is 5.78. The summed E-state index contributed by atoms with van der Waals surface area (Å²) < 4.78 is 18.5. The lowest BCUT2D eigenvalue weighted by Gasteiger charge is -2.42. The minimum Gasteiger partial charge on any atom is -0.466 e. The molecule has 138 valence electrons. The van der Waals surface area contributed by atoms with Gasteiger partial charge >= 0.3 is 5.97 Å². The van der Waals surface area contributed by atoms with Gasteiger partial charge in [0.1, 0.15) is 5.82 Å². The van der Waals surface area contributed by atoms with E-state index in [1.165, 1.54) is 25.0 Å². The monoisotopic (exact) mass is 347 g/mol. The van der Waals surface area contributed by atoms with Gasteiger partial charge in [-0.15, -0.1) is 0 Å². The number of carbonyl (C=O) groups is 1. The van der Waals surface area contributed by atoms with Gasteiger partial charge in [0.25, 0.3) is 0 Å². The summed E-state index contributed by atoms with van der Waals surface area (Å²) in [4.78, 5) is 15.1. The Hall–Kier alpha value is -1.42. The zero-order chi connectivity index (χ0) is 17.9. The number of benzene rings is 1. The van der Waals surface area contributed by atoms with Crippen molar-refractivity contribution < 1.29 is 13.9 Å². The lowest BCUT2D eigenvalue weighted by molar-refractivity contribution is -0.160. The third-order valence-electron chi connectivity index (χ3n) is 5.91. The Bertz CT molecular complexity index is 574. The van der Waals surface area contributed by atoms with E-state index in [4.69, 9.17) is 4.74 Å². The molecule has 1 aromatic rings. The van der Waals surface area contributed by atoms with E-state index in [9.17, 15) is 9.18 Å². The van der Waals surface area contributed by atoms with Crippen molar-refractivity contribution >= 4 is 5.97 Å². The molecule has 2 fully saturated rings. The normalized spacial score (nSPS) is 21.7. The number of likely N-dealkylation sites (tertiary alicyclic amines) is 1. The first-order valence-electron chi connectivity index (χ1n) is 9.68. The van der Waals surface area contributed by atoms with Gasteiger partial charge in [-0.1, -0.05) is 25.0 Å². The number of piperidine rings is 1. The molecule has 1 aliphatic carbocycles. The van der Waals surface area contributed by atoms with E-state index in [0.29, 0.717) is 12.6 Å². The summed E-state index contributed by atoms with van der Waals surface area (Å²) in [5, 5.41) is 0. The highest BCUT2D eigenvalue weighted by molar-refractivity contribution is 5.77. The van der Waals surface area contributed by atoms with Crippen LogP contribution in [0.15, 0.2) is 24.3 Å². The molecule has 0 bridgehead atoms. The molecule has 1 aliphatic heterocycles. The molecule has 25 heavy (non-hydrogen) atoms. The maximum Gasteiger partial charge on any atom is 0.312 e. The highest BCUT2D eigenvalue weighted by atomic mass is 19.1. The molecule has 4 heteroatoms. The van der Waals surface area contributed by atoms with Crippen LogP contribution in [0.3, 0.4) is 0 Å². The lowest BCUT2D eigenvalue weighted by Crippen LogP contribution is -2.48. The van der Waals surface area contributed by atoms with E-state index >= 15 is 0 Å². The van der Waals surface area contributed by atoms with Crippen LogP contribution in [0.25, 0.3) is 0 Å². The maximum atomic E-state index is 13.1. The number of carbonyl (C=O) groups excluding carboxylic acids is 1. The second-order valence-corrected chi connectivity index (χ2v) is 7.86. The van der Waals surface area contributed by atoms with Crippen LogP contribution in [0.4, 0.5) is 4.39 Å². The van der Waals surface area contributed by atoms with Crippen LogP contribution in [0, 0.1) is 17.2 Å². The van der Waals surface area contributed by atoms with Crippen LogP contribution in [0.2, 0.25) is 0 Å². The van der Waals surface area contributed by atoms with E-state index in [2.05, 4.69) is 11.8 Å². The molecule has 1 heterocycles. The molecular weight excluding hydrogens is 317 g/mol. The molecule has 0 spiro atoms. The Morgan fingerprint density at radius 2 is 1.92 bits per heavy atom. The van der Waals surface area contributed by atoms with Gasteiger partial charge in [0.05, 0.1) is 12.0 Å². The number of rotatable bonds is 7. The highest BCUT2D eigenvalue weighted by Gasteiger charge is 2.46. The molecular formula is C21H30FNO2. The number of esters is 1. The van der Waals surface area contributed by atoms with Crippen molar-refractivity contribution in [3.8, 4) is 0 Å². The third kappa shape index (κ3) is 4.60. The number of halogens is 1. The summed E-state index contributed by atoms with van der Waals surface area (Å²) in [6, 6.07) is 7.18. The number of hydrogen-bond donors (Lipinski definition) is 0. The van der Waals surface area contributed by atoms with E-state index in [1.807, 2.05) is 19.1 Å². The van der Waals surface area contributed by atoms with Crippen molar-refractivity contribution in [3.63, 3.8) is 0 Å². The minimum atomic E-state index is -0.261. The molecule has 3 rings (SSSR count). The molecule has 1 aromatic carbocycles. The molecule has 3 nitrogen and oxygen atoms in total. The summed E-state index contributed by atoms with van der Waals surface area (Å²) >= 11 is 0. The standard InChI is InChI=1S/C21H30FNO2/c1-3-25-20(24)21(15-18-4-5-18)10-12-23(13-11-21)16(2)14-17-6-8-19(22)9-7-17/h6-9,16,18H,3-5,10-15H2,1-2H3/t16-/m0/s1. The first-order chi connectivity index (χ1) is 12.0. The van der Waals surface area contributed by atoms with Gasteiger partial charge in [-0.05, 0) is 76.2 Å². The van der Waals surface area contributed by atoms with Crippen LogP contribution in [-0.2, 0) is 16.0 Å². The molecule has 0 radical (unpaired) electrons. The average Bonchev–Trinajstić information content (AvgIpc) is 3.41. The second kappa shape index (κ2) is 7.86. The van der Waals surface area contributed by atoms with Crippen molar-refractivity contribution in [2.24, 2.45) is 11.3 Å². The van der Waals surface area contributed by atoms with Crippen LogP contribution >= 0.6 is 0 Å². The summed E-state index contributed by atoms with van der Waals surface area (Å²) in [6.45, 7) is 6.46. The SMILES string of the molecule is CCOC(=O)C1(CC2CC2)CCN([C@@H](C)Cc2ccc(F)cc2)CC1. The molecule has 1 atom stereocenters. The fourth-order valence-corrected chi connectivity index (χ4v) is 4.13. The Labute approximate surface area is 150 Å². The molecule has 1 saturated carbocycles. The lowest BCUT2D eigenvalue weighted by atomic mass is 9.74. The van der Waals surface area contributed by atoms with Gasteiger partial charge in [-0.25, -0.2) is 4.39 Å². The van der Waals surface area contributed by atoms with Gasteiger partial charge in [0.2, 0.25) is 0 Å². The smallest absolute Gasteiger partial charge is 0.312 e. The first kappa shape index (κ1) is 18.4. The van der Waals surface area contributed by atoms with Crippen LogP contribution < -0.4 is 0 Å². The zero-order valence-electron chi connectivity index (χ0n) is 15.5. The molecule has 1 saturated heterocycles. The fraction of sp³-hybridized carbons (Fsp3) is 0.667. The van der Waals surface area contributed by atoms with E-state index in [0.717, 1.165) is 50.3 Å². The van der Waals surface area contributed by atoms with Crippen LogP contribution in [0.5, 0.6) is 0 Å². The van der Waals surface area contributed by atoms with E-state index < -0.39 is 0 Å². The van der Waals surface area contributed by atoms with Crippen molar-refractivity contribution in [1.82, 2.24) is 4.90 Å². The van der Waals surface area contributed by atoms with Gasteiger partial charge in [0, 0.05) is 6.04 Å². The fourth-order valence-electron chi connectivity index (χ4n) is 4.13. The van der Waals surface area contributed by atoms with Gasteiger partial charge < -0.3 is 9.64 Å². The minimum absolute atomic E-state index is 0.0211. The quantitative estimate of drug-likeness (QED) is 0.692. The van der Waals surface area contributed by atoms with E-state index in [-0.39, 0.29) is 17.2 Å². The highest BCUT2D eigenvalue weighted by Crippen LogP contribution is 2.46. The average molecular weight is 347 g/mol. The Morgan fingerprint density at radius 1 is 1.28 bits per heavy atom. The predicted octanol–water partition coefficient (Wildman–Crippen LogP) is 4.20. The molecule has 0 aromatic heterocycles. The number of ether oxygens (including phenoxy) is 1. The summed E-state index contributed by atoms with van der Waals surface area (Å²) in [5.74, 6) is 0.564. The Balaban J connectivity index is 1.58. The maximum absolute atomic E-state index is 13.1. The first-order valence-corrected chi connectivity index (χ1v) is 9.68. The number of hydrogen-bond acceptors (Lipinski definition) is 3. The van der Waals surface area contributed by atoms with Gasteiger partial charge in [-0.3, -0.25) is 4.79 Å². The van der Waals surface area contributed by atoms with Crippen molar-refractivity contribution in [3.05, 3.63) is 35.6 Å². The summed E-state index contributed by atoms with van der Waals surface area (Å²) in [7, 11) is 0. The van der Waals surface area contributed by atoms with E-state index in [1.54, 1.807) is 0 Å².